The summed E-state index contributed by atoms with van der Waals surface area (Å²) in [7, 11) is 0. The molecular formula is C14H22BrN3O. The zero-order chi connectivity index (χ0) is 14.1. The van der Waals surface area contributed by atoms with Crippen molar-refractivity contribution in [3.05, 3.63) is 35.0 Å². The highest BCUT2D eigenvalue weighted by Crippen LogP contribution is 2.21. The second-order valence-electron chi connectivity index (χ2n) is 4.27. The number of aliphatic hydroxyl groups excluding tert-OH is 1. The molecule has 1 aromatic rings. The van der Waals surface area contributed by atoms with Crippen molar-refractivity contribution in [1.29, 1.82) is 0 Å². The molecule has 5 heteroatoms. The summed E-state index contributed by atoms with van der Waals surface area (Å²) in [4.78, 5) is 6.50. The van der Waals surface area contributed by atoms with Crippen molar-refractivity contribution in [1.82, 2.24) is 10.3 Å². The van der Waals surface area contributed by atoms with Gasteiger partial charge in [0.1, 0.15) is 5.82 Å². The minimum atomic E-state index is 0.105. The molecule has 2 N–H and O–H groups in total. The number of hydrogen-bond donors (Lipinski definition) is 2. The van der Waals surface area contributed by atoms with Crippen LogP contribution >= 0.6 is 15.9 Å². The average Bonchev–Trinajstić information content (AvgIpc) is 2.39. The Hall–Kier alpha value is -0.910. The monoisotopic (exact) mass is 327 g/mol. The molecule has 0 fully saturated rings. The normalized spacial score (nSPS) is 10.5. The number of aliphatic hydroxyl groups is 1. The van der Waals surface area contributed by atoms with E-state index in [0.717, 1.165) is 35.4 Å². The van der Waals surface area contributed by atoms with E-state index in [9.17, 15) is 0 Å². The third-order valence-electron chi connectivity index (χ3n) is 2.67. The SMILES string of the molecule is C=CCN(CCO)c1ncc(Br)cc1CNCCC. The lowest BCUT2D eigenvalue weighted by Crippen LogP contribution is -2.29. The molecule has 1 aromatic heterocycles. The molecule has 0 amide bonds. The summed E-state index contributed by atoms with van der Waals surface area (Å²) >= 11 is 3.45. The lowest BCUT2D eigenvalue weighted by molar-refractivity contribution is 0.302. The maximum absolute atomic E-state index is 9.16. The van der Waals surface area contributed by atoms with E-state index in [0.29, 0.717) is 13.1 Å². The first-order valence-electron chi connectivity index (χ1n) is 6.54. The molecule has 4 nitrogen and oxygen atoms in total. The summed E-state index contributed by atoms with van der Waals surface area (Å²) < 4.78 is 0.965. The lowest BCUT2D eigenvalue weighted by atomic mass is 10.2. The predicted octanol–water partition coefficient (Wildman–Crippen LogP) is 2.33. The first-order valence-corrected chi connectivity index (χ1v) is 7.34. The number of anilines is 1. The molecule has 0 unspecified atom stereocenters. The molecule has 1 rings (SSSR count). The van der Waals surface area contributed by atoms with Crippen molar-refractivity contribution in [2.24, 2.45) is 0 Å². The van der Waals surface area contributed by atoms with Gasteiger partial charge < -0.3 is 15.3 Å². The van der Waals surface area contributed by atoms with Crippen LogP contribution in [-0.2, 0) is 6.54 Å². The second kappa shape index (κ2) is 9.07. The number of rotatable bonds is 9. The van der Waals surface area contributed by atoms with Crippen LogP contribution in [0.3, 0.4) is 0 Å². The maximum Gasteiger partial charge on any atom is 0.133 e. The number of pyridine rings is 1. The molecule has 106 valence electrons. The summed E-state index contributed by atoms with van der Waals surface area (Å²) in [5.74, 6) is 0.903. The average molecular weight is 328 g/mol. The molecule has 0 aromatic carbocycles. The number of nitrogens with zero attached hydrogens (tertiary/aromatic N) is 2. The van der Waals surface area contributed by atoms with Crippen LogP contribution in [0.1, 0.15) is 18.9 Å². The van der Waals surface area contributed by atoms with Crippen LogP contribution in [0, 0.1) is 0 Å². The topological polar surface area (TPSA) is 48.4 Å². The molecule has 0 saturated carbocycles. The third kappa shape index (κ3) is 5.30. The number of hydrogen-bond acceptors (Lipinski definition) is 4. The largest absolute Gasteiger partial charge is 0.395 e. The Balaban J connectivity index is 2.91. The van der Waals surface area contributed by atoms with Crippen molar-refractivity contribution in [3.63, 3.8) is 0 Å². The molecule has 0 aliphatic carbocycles. The Labute approximate surface area is 123 Å². The summed E-state index contributed by atoms with van der Waals surface area (Å²) in [6.45, 7) is 8.99. The fraction of sp³-hybridized carbons (Fsp3) is 0.500. The van der Waals surface area contributed by atoms with Crippen LogP contribution in [0.5, 0.6) is 0 Å². The highest BCUT2D eigenvalue weighted by atomic mass is 79.9. The molecule has 1 heterocycles. The van der Waals surface area contributed by atoms with E-state index in [4.69, 9.17) is 5.11 Å². The Bertz CT molecular complexity index is 398. The Morgan fingerprint density at radius 1 is 1.58 bits per heavy atom. The molecule has 0 aliphatic heterocycles. The van der Waals surface area contributed by atoms with E-state index < -0.39 is 0 Å². The predicted molar refractivity (Wildman–Crippen MR) is 83.4 cm³/mol. The minimum absolute atomic E-state index is 0.105. The Morgan fingerprint density at radius 2 is 2.37 bits per heavy atom. The van der Waals surface area contributed by atoms with Crippen molar-refractivity contribution in [3.8, 4) is 0 Å². The van der Waals surface area contributed by atoms with Crippen LogP contribution in [0.15, 0.2) is 29.4 Å². The number of halogens is 1. The molecule has 19 heavy (non-hydrogen) atoms. The highest BCUT2D eigenvalue weighted by Gasteiger charge is 2.11. The van der Waals surface area contributed by atoms with Crippen molar-refractivity contribution >= 4 is 21.7 Å². The van der Waals surface area contributed by atoms with E-state index in [1.807, 2.05) is 11.0 Å². The summed E-state index contributed by atoms with van der Waals surface area (Å²) in [6, 6.07) is 2.07. The van der Waals surface area contributed by atoms with Gasteiger partial charge in [0, 0.05) is 35.9 Å². The first kappa shape index (κ1) is 16.1. The number of nitrogens with one attached hydrogen (secondary N) is 1. The molecule has 0 bridgehead atoms. The van der Waals surface area contributed by atoms with Crippen LogP contribution in [-0.4, -0.2) is 36.3 Å². The Kier molecular flexibility index (Phi) is 7.70. The van der Waals surface area contributed by atoms with E-state index >= 15 is 0 Å². The third-order valence-corrected chi connectivity index (χ3v) is 3.10. The van der Waals surface area contributed by atoms with Gasteiger partial charge in [-0.15, -0.1) is 6.58 Å². The second-order valence-corrected chi connectivity index (χ2v) is 5.19. The Morgan fingerprint density at radius 3 is 3.00 bits per heavy atom. The molecule has 0 aliphatic rings. The standard InChI is InChI=1S/C14H22BrN3O/c1-3-5-16-10-12-9-13(15)11-17-14(12)18(6-4-2)7-8-19/h4,9,11,16,19H,2-3,5-8,10H2,1H3. The van der Waals surface area contributed by atoms with Gasteiger partial charge in [0.15, 0.2) is 0 Å². The van der Waals surface area contributed by atoms with E-state index in [-0.39, 0.29) is 6.61 Å². The minimum Gasteiger partial charge on any atom is -0.395 e. The lowest BCUT2D eigenvalue weighted by Gasteiger charge is -2.24. The van der Waals surface area contributed by atoms with E-state index in [1.165, 1.54) is 0 Å². The molecule has 0 atom stereocenters. The van der Waals surface area contributed by atoms with Gasteiger partial charge in [-0.3, -0.25) is 0 Å². The van der Waals surface area contributed by atoms with Gasteiger partial charge in [-0.05, 0) is 35.0 Å². The maximum atomic E-state index is 9.16. The summed E-state index contributed by atoms with van der Waals surface area (Å²) in [5.41, 5.74) is 1.12. The molecular weight excluding hydrogens is 306 g/mol. The van der Waals surface area contributed by atoms with Gasteiger partial charge in [0.25, 0.3) is 0 Å². The van der Waals surface area contributed by atoms with Gasteiger partial charge in [0.2, 0.25) is 0 Å². The summed E-state index contributed by atoms with van der Waals surface area (Å²) in [5, 5.41) is 12.5. The van der Waals surface area contributed by atoms with Crippen LogP contribution in [0.4, 0.5) is 5.82 Å². The van der Waals surface area contributed by atoms with Gasteiger partial charge in [0.05, 0.1) is 6.61 Å². The highest BCUT2D eigenvalue weighted by molar-refractivity contribution is 9.10. The van der Waals surface area contributed by atoms with Crippen molar-refractivity contribution in [2.75, 3.05) is 31.1 Å². The zero-order valence-corrected chi connectivity index (χ0v) is 13.0. The van der Waals surface area contributed by atoms with Crippen molar-refractivity contribution < 1.29 is 5.11 Å². The van der Waals surface area contributed by atoms with Crippen molar-refractivity contribution in [2.45, 2.75) is 19.9 Å². The molecule has 0 saturated heterocycles. The number of aromatic nitrogens is 1. The van der Waals surface area contributed by atoms with Crippen LogP contribution in [0.2, 0.25) is 0 Å². The van der Waals surface area contributed by atoms with Gasteiger partial charge >= 0.3 is 0 Å². The van der Waals surface area contributed by atoms with E-state index in [1.54, 1.807) is 6.20 Å². The van der Waals surface area contributed by atoms with E-state index in [2.05, 4.69) is 45.8 Å². The summed E-state index contributed by atoms with van der Waals surface area (Å²) in [6.07, 6.45) is 4.71. The van der Waals surface area contributed by atoms with Crippen LogP contribution in [0.25, 0.3) is 0 Å². The fourth-order valence-corrected chi connectivity index (χ4v) is 2.23. The fourth-order valence-electron chi connectivity index (χ4n) is 1.85. The van der Waals surface area contributed by atoms with Gasteiger partial charge in [-0.2, -0.15) is 0 Å². The first-order chi connectivity index (χ1) is 9.22. The molecule has 0 spiro atoms. The smallest absolute Gasteiger partial charge is 0.133 e. The molecule has 0 radical (unpaired) electrons. The van der Waals surface area contributed by atoms with Gasteiger partial charge in [-0.25, -0.2) is 4.98 Å². The van der Waals surface area contributed by atoms with Gasteiger partial charge in [-0.1, -0.05) is 13.0 Å². The zero-order valence-electron chi connectivity index (χ0n) is 11.4. The quantitative estimate of drug-likeness (QED) is 0.540. The van der Waals surface area contributed by atoms with Crippen LogP contribution < -0.4 is 10.2 Å².